The van der Waals surface area contributed by atoms with E-state index >= 15 is 0 Å². The summed E-state index contributed by atoms with van der Waals surface area (Å²) >= 11 is 0. The average molecular weight is 401 g/mol. The van der Waals surface area contributed by atoms with Crippen LogP contribution < -0.4 is 5.32 Å². The largest absolute Gasteiger partial charge is 0.357 e. The monoisotopic (exact) mass is 401 g/mol. The fourth-order valence-corrected chi connectivity index (χ4v) is 3.95. The first-order valence-electron chi connectivity index (χ1n) is 10.1. The number of amides is 1. The Morgan fingerprint density at radius 3 is 2.93 bits per heavy atom. The van der Waals surface area contributed by atoms with E-state index in [1.807, 2.05) is 22.9 Å². The molecule has 0 saturated carbocycles. The lowest BCUT2D eigenvalue weighted by molar-refractivity contribution is 0.102. The number of aromatic amines is 1. The van der Waals surface area contributed by atoms with Crippen molar-refractivity contribution in [1.82, 2.24) is 29.4 Å². The molecule has 0 bridgehead atoms. The number of fused-ring (bicyclic) bond motifs is 1. The summed E-state index contributed by atoms with van der Waals surface area (Å²) in [6.45, 7) is 4.33. The van der Waals surface area contributed by atoms with Gasteiger partial charge < -0.3 is 14.9 Å². The Hall–Kier alpha value is -3.52. The van der Waals surface area contributed by atoms with E-state index in [2.05, 4.69) is 43.1 Å². The number of H-pyrrole nitrogens is 1. The minimum absolute atomic E-state index is 0.295. The van der Waals surface area contributed by atoms with Gasteiger partial charge in [-0.15, -0.1) is 0 Å². The third-order valence-electron chi connectivity index (χ3n) is 5.65. The van der Waals surface area contributed by atoms with Crippen LogP contribution in [0.5, 0.6) is 0 Å². The molecule has 0 aliphatic carbocycles. The lowest BCUT2D eigenvalue weighted by Gasteiger charge is -2.19. The molecule has 4 aromatic heterocycles. The van der Waals surface area contributed by atoms with Crippen molar-refractivity contribution < 1.29 is 4.79 Å². The molecule has 0 spiro atoms. The second-order valence-corrected chi connectivity index (χ2v) is 7.74. The number of pyridine rings is 2. The fraction of sp³-hybridized carbons (Fsp3) is 0.273. The van der Waals surface area contributed by atoms with Gasteiger partial charge in [-0.1, -0.05) is 0 Å². The SMILES string of the molecule is C[C@H]1CCCN1Cc1cc2cnc(NC(=O)c3ccc(-n4ccnc4)cn3)cc2[nH]1. The number of carbonyl (C=O) groups excluding carboxylic acids is 1. The number of nitrogens with zero attached hydrogens (tertiary/aromatic N) is 5. The summed E-state index contributed by atoms with van der Waals surface area (Å²) in [7, 11) is 0. The average Bonchev–Trinajstić information content (AvgIpc) is 3.50. The van der Waals surface area contributed by atoms with E-state index in [0.29, 0.717) is 17.6 Å². The lowest BCUT2D eigenvalue weighted by Crippen LogP contribution is -2.26. The van der Waals surface area contributed by atoms with Crippen LogP contribution in [0.3, 0.4) is 0 Å². The Morgan fingerprint density at radius 2 is 2.20 bits per heavy atom. The van der Waals surface area contributed by atoms with Gasteiger partial charge in [0, 0.05) is 48.3 Å². The highest BCUT2D eigenvalue weighted by Crippen LogP contribution is 2.23. The molecule has 5 rings (SSSR count). The van der Waals surface area contributed by atoms with E-state index in [9.17, 15) is 4.79 Å². The van der Waals surface area contributed by atoms with Crippen molar-refractivity contribution in [3.05, 3.63) is 66.8 Å². The van der Waals surface area contributed by atoms with Gasteiger partial charge >= 0.3 is 0 Å². The standard InChI is InChI=1S/C22H23N7O/c1-15-3-2-7-28(15)13-17-9-16-11-25-21(10-20(16)26-17)27-22(30)19-5-4-18(12-24-19)29-8-6-23-14-29/h4-6,8-12,14-15,26H,2-3,7,13H2,1H3,(H,25,27,30)/t15-/m0/s1. The van der Waals surface area contributed by atoms with Crippen LogP contribution in [0, 0.1) is 0 Å². The van der Waals surface area contributed by atoms with E-state index in [1.165, 1.54) is 18.5 Å². The summed E-state index contributed by atoms with van der Waals surface area (Å²) in [6.07, 6.45) is 11.2. The van der Waals surface area contributed by atoms with Gasteiger partial charge in [-0.2, -0.15) is 0 Å². The molecule has 1 atom stereocenters. The van der Waals surface area contributed by atoms with Crippen molar-refractivity contribution in [2.24, 2.45) is 0 Å². The molecule has 5 heterocycles. The summed E-state index contributed by atoms with van der Waals surface area (Å²) in [6, 6.07) is 8.14. The molecular formula is C22H23N7O. The molecule has 8 nitrogen and oxygen atoms in total. The summed E-state index contributed by atoms with van der Waals surface area (Å²) in [5.41, 5.74) is 3.30. The van der Waals surface area contributed by atoms with Crippen LogP contribution in [0.25, 0.3) is 16.6 Å². The highest BCUT2D eigenvalue weighted by atomic mass is 16.1. The van der Waals surface area contributed by atoms with Crippen molar-refractivity contribution >= 4 is 22.6 Å². The molecule has 30 heavy (non-hydrogen) atoms. The highest BCUT2D eigenvalue weighted by Gasteiger charge is 2.20. The molecule has 1 fully saturated rings. The maximum absolute atomic E-state index is 12.6. The van der Waals surface area contributed by atoms with Gasteiger partial charge in [-0.3, -0.25) is 9.69 Å². The van der Waals surface area contributed by atoms with Gasteiger partial charge in [0.2, 0.25) is 0 Å². The molecular weight excluding hydrogens is 378 g/mol. The Morgan fingerprint density at radius 1 is 1.27 bits per heavy atom. The first-order valence-corrected chi connectivity index (χ1v) is 10.1. The number of hydrogen-bond acceptors (Lipinski definition) is 5. The van der Waals surface area contributed by atoms with Crippen molar-refractivity contribution in [2.75, 3.05) is 11.9 Å². The number of likely N-dealkylation sites (tertiary alicyclic amines) is 1. The number of hydrogen-bond donors (Lipinski definition) is 2. The van der Waals surface area contributed by atoms with Crippen LogP contribution in [0.2, 0.25) is 0 Å². The maximum atomic E-state index is 12.6. The van der Waals surface area contributed by atoms with Crippen LogP contribution in [-0.2, 0) is 6.54 Å². The minimum Gasteiger partial charge on any atom is -0.357 e. The normalized spacial score (nSPS) is 16.9. The smallest absolute Gasteiger partial charge is 0.275 e. The molecule has 0 unspecified atom stereocenters. The van der Waals surface area contributed by atoms with Gasteiger partial charge in [0.1, 0.15) is 11.5 Å². The highest BCUT2D eigenvalue weighted by molar-refractivity contribution is 6.03. The van der Waals surface area contributed by atoms with Gasteiger partial charge in [0.15, 0.2) is 0 Å². The second kappa shape index (κ2) is 7.72. The minimum atomic E-state index is -0.295. The van der Waals surface area contributed by atoms with Crippen LogP contribution in [-0.4, -0.2) is 47.9 Å². The quantitative estimate of drug-likeness (QED) is 0.535. The van der Waals surface area contributed by atoms with E-state index < -0.39 is 0 Å². The first-order chi connectivity index (χ1) is 14.7. The number of carbonyl (C=O) groups is 1. The molecule has 0 aromatic carbocycles. The van der Waals surface area contributed by atoms with Gasteiger partial charge in [-0.25, -0.2) is 15.0 Å². The molecule has 2 N–H and O–H groups in total. The number of aromatic nitrogens is 5. The predicted octanol–water partition coefficient (Wildman–Crippen LogP) is 3.38. The Bertz CT molecular complexity index is 1160. The van der Waals surface area contributed by atoms with E-state index in [-0.39, 0.29) is 5.91 Å². The van der Waals surface area contributed by atoms with Crippen molar-refractivity contribution in [3.8, 4) is 5.69 Å². The number of nitrogens with one attached hydrogen (secondary N) is 2. The van der Waals surface area contributed by atoms with Crippen LogP contribution in [0.15, 0.2) is 55.4 Å². The molecule has 8 heteroatoms. The maximum Gasteiger partial charge on any atom is 0.275 e. The molecule has 1 amide bonds. The third-order valence-corrected chi connectivity index (χ3v) is 5.65. The molecule has 4 aromatic rings. The predicted molar refractivity (Wildman–Crippen MR) is 115 cm³/mol. The molecule has 1 saturated heterocycles. The molecule has 1 aliphatic heterocycles. The fourth-order valence-electron chi connectivity index (χ4n) is 3.95. The number of imidazole rings is 1. The third kappa shape index (κ3) is 3.69. The van der Waals surface area contributed by atoms with Crippen LogP contribution >= 0.6 is 0 Å². The van der Waals surface area contributed by atoms with Crippen molar-refractivity contribution in [3.63, 3.8) is 0 Å². The number of rotatable bonds is 5. The molecule has 0 radical (unpaired) electrons. The molecule has 1 aliphatic rings. The summed E-state index contributed by atoms with van der Waals surface area (Å²) < 4.78 is 1.83. The first kappa shape index (κ1) is 18.5. The van der Waals surface area contributed by atoms with Crippen LogP contribution in [0.4, 0.5) is 5.82 Å². The van der Waals surface area contributed by atoms with Gasteiger partial charge in [-0.05, 0) is 44.5 Å². The van der Waals surface area contributed by atoms with E-state index in [0.717, 1.165) is 29.7 Å². The Balaban J connectivity index is 1.29. The second-order valence-electron chi connectivity index (χ2n) is 7.74. The van der Waals surface area contributed by atoms with Crippen molar-refractivity contribution in [1.29, 1.82) is 0 Å². The van der Waals surface area contributed by atoms with E-state index in [1.54, 1.807) is 31.0 Å². The zero-order chi connectivity index (χ0) is 20.5. The number of anilines is 1. The van der Waals surface area contributed by atoms with Gasteiger partial charge in [0.05, 0.1) is 23.7 Å². The summed E-state index contributed by atoms with van der Waals surface area (Å²) in [5, 5.41) is 3.87. The Labute approximate surface area is 174 Å². The zero-order valence-corrected chi connectivity index (χ0v) is 16.7. The van der Waals surface area contributed by atoms with E-state index in [4.69, 9.17) is 0 Å². The van der Waals surface area contributed by atoms with Gasteiger partial charge in [0.25, 0.3) is 5.91 Å². The summed E-state index contributed by atoms with van der Waals surface area (Å²) in [4.78, 5) is 31.2. The topological polar surface area (TPSA) is 91.7 Å². The lowest BCUT2D eigenvalue weighted by atomic mass is 10.2. The summed E-state index contributed by atoms with van der Waals surface area (Å²) in [5.74, 6) is 0.202. The van der Waals surface area contributed by atoms with Crippen molar-refractivity contribution in [2.45, 2.75) is 32.4 Å². The molecule has 152 valence electrons. The zero-order valence-electron chi connectivity index (χ0n) is 16.7. The Kier molecular flexibility index (Phi) is 4.76. The van der Waals surface area contributed by atoms with Crippen LogP contribution in [0.1, 0.15) is 35.9 Å².